The largest absolute Gasteiger partial charge is 0.293 e. The van der Waals surface area contributed by atoms with Gasteiger partial charge in [0.1, 0.15) is 0 Å². The quantitative estimate of drug-likeness (QED) is 0.667. The summed E-state index contributed by atoms with van der Waals surface area (Å²) in [6.07, 6.45) is 7.75. The lowest BCUT2D eigenvalue weighted by molar-refractivity contribution is -0.115. The molecule has 0 amide bonds. The van der Waals surface area contributed by atoms with Crippen molar-refractivity contribution in [2.45, 2.75) is 39.0 Å². The second-order valence-corrected chi connectivity index (χ2v) is 5.27. The first kappa shape index (κ1) is 13.8. The molecule has 19 heavy (non-hydrogen) atoms. The van der Waals surface area contributed by atoms with Gasteiger partial charge in [-0.25, -0.2) is 0 Å². The Balaban J connectivity index is 2.01. The molecule has 1 aromatic carbocycles. The zero-order valence-corrected chi connectivity index (χ0v) is 11.7. The van der Waals surface area contributed by atoms with E-state index in [1.165, 1.54) is 19.3 Å². The third-order valence-electron chi connectivity index (χ3n) is 3.79. The van der Waals surface area contributed by atoms with Crippen LogP contribution >= 0.6 is 0 Å². The minimum Gasteiger partial charge on any atom is -0.293 e. The highest BCUT2D eigenvalue weighted by atomic mass is 16.1. The minimum absolute atomic E-state index is 0.0204. The molecule has 100 valence electrons. The molecule has 0 saturated heterocycles. The molecule has 1 heteroatoms. The number of allylic oxidation sites excluding steroid dienone is 3. The first-order valence-electron chi connectivity index (χ1n) is 7.24. The maximum atomic E-state index is 12.5. The Morgan fingerprint density at radius 2 is 1.84 bits per heavy atom. The maximum absolute atomic E-state index is 12.5. The number of carbonyl (C=O) groups is 1. The summed E-state index contributed by atoms with van der Waals surface area (Å²) in [5, 5.41) is 0. The van der Waals surface area contributed by atoms with Crippen molar-refractivity contribution in [1.82, 2.24) is 0 Å². The molecule has 0 radical (unpaired) electrons. The first-order chi connectivity index (χ1) is 9.24. The number of benzene rings is 1. The van der Waals surface area contributed by atoms with Gasteiger partial charge in [0.05, 0.1) is 0 Å². The zero-order valence-electron chi connectivity index (χ0n) is 11.7. The standard InChI is InChI=1S/C18H22O/c1-3-4-5-9-12-16-14(2)13-17(18(16)19)15-10-7-6-8-11-15/h6-8,10-11,13,16H,2-5,9,12H2,1H3. The monoisotopic (exact) mass is 254 g/mol. The van der Waals surface area contributed by atoms with Gasteiger partial charge in [0.15, 0.2) is 5.78 Å². The summed E-state index contributed by atoms with van der Waals surface area (Å²) in [6.45, 7) is 6.27. The zero-order chi connectivity index (χ0) is 13.7. The molecule has 2 rings (SSSR count). The summed E-state index contributed by atoms with van der Waals surface area (Å²) in [7, 11) is 0. The van der Waals surface area contributed by atoms with Crippen LogP contribution in [-0.2, 0) is 4.79 Å². The summed E-state index contributed by atoms with van der Waals surface area (Å²) in [5.74, 6) is 0.278. The van der Waals surface area contributed by atoms with Crippen LogP contribution in [0.5, 0.6) is 0 Å². The molecular formula is C18H22O. The number of hydrogen-bond donors (Lipinski definition) is 0. The Labute approximate surface area is 116 Å². The van der Waals surface area contributed by atoms with E-state index in [0.717, 1.165) is 29.6 Å². The molecule has 0 N–H and O–H groups in total. The maximum Gasteiger partial charge on any atom is 0.170 e. The van der Waals surface area contributed by atoms with Crippen LogP contribution in [0.1, 0.15) is 44.6 Å². The first-order valence-corrected chi connectivity index (χ1v) is 7.24. The van der Waals surface area contributed by atoms with Gasteiger partial charge in [-0.3, -0.25) is 4.79 Å². The third kappa shape index (κ3) is 3.23. The fraction of sp³-hybridized carbons (Fsp3) is 0.389. The Hall–Kier alpha value is -1.63. The molecule has 1 aromatic rings. The van der Waals surface area contributed by atoms with Crippen molar-refractivity contribution in [2.75, 3.05) is 0 Å². The van der Waals surface area contributed by atoms with Gasteiger partial charge in [0.2, 0.25) is 0 Å². The van der Waals surface area contributed by atoms with E-state index in [-0.39, 0.29) is 11.7 Å². The van der Waals surface area contributed by atoms with Crippen molar-refractivity contribution in [1.29, 1.82) is 0 Å². The Morgan fingerprint density at radius 3 is 2.53 bits per heavy atom. The number of Topliss-reactive ketones (excluding diaryl/α,β-unsaturated/α-hetero) is 1. The van der Waals surface area contributed by atoms with Crippen LogP contribution in [0.15, 0.2) is 48.6 Å². The number of hydrogen-bond acceptors (Lipinski definition) is 1. The average Bonchev–Trinajstić information content (AvgIpc) is 2.72. The molecule has 0 heterocycles. The fourth-order valence-corrected chi connectivity index (χ4v) is 2.65. The van der Waals surface area contributed by atoms with Gasteiger partial charge < -0.3 is 0 Å². The Morgan fingerprint density at radius 1 is 1.11 bits per heavy atom. The van der Waals surface area contributed by atoms with Crippen LogP contribution in [0.4, 0.5) is 0 Å². The van der Waals surface area contributed by atoms with Crippen molar-refractivity contribution in [3.05, 3.63) is 54.1 Å². The molecule has 1 aliphatic rings. The molecule has 0 aliphatic heterocycles. The summed E-state index contributed by atoms with van der Waals surface area (Å²) in [5.41, 5.74) is 2.84. The van der Waals surface area contributed by atoms with Crippen LogP contribution in [0.25, 0.3) is 5.57 Å². The predicted octanol–water partition coefficient (Wildman–Crippen LogP) is 4.80. The van der Waals surface area contributed by atoms with E-state index in [1.807, 2.05) is 36.4 Å². The topological polar surface area (TPSA) is 17.1 Å². The molecule has 0 fully saturated rings. The molecule has 0 aromatic heterocycles. The highest BCUT2D eigenvalue weighted by molar-refractivity contribution is 6.26. The second kappa shape index (κ2) is 6.51. The lowest BCUT2D eigenvalue weighted by atomic mass is 9.92. The van der Waals surface area contributed by atoms with Crippen molar-refractivity contribution >= 4 is 11.4 Å². The van der Waals surface area contributed by atoms with Gasteiger partial charge in [-0.15, -0.1) is 0 Å². The molecule has 0 spiro atoms. The third-order valence-corrected chi connectivity index (χ3v) is 3.79. The molecule has 1 aliphatic carbocycles. The van der Waals surface area contributed by atoms with E-state index < -0.39 is 0 Å². The highest BCUT2D eigenvalue weighted by Crippen LogP contribution is 2.34. The lowest BCUT2D eigenvalue weighted by Gasteiger charge is -2.10. The van der Waals surface area contributed by atoms with Gasteiger partial charge in [-0.2, -0.15) is 0 Å². The van der Waals surface area contributed by atoms with E-state index in [9.17, 15) is 4.79 Å². The van der Waals surface area contributed by atoms with E-state index in [0.29, 0.717) is 0 Å². The molecule has 1 atom stereocenters. The summed E-state index contributed by atoms with van der Waals surface area (Å²) in [6, 6.07) is 9.91. The van der Waals surface area contributed by atoms with Crippen LogP contribution in [-0.4, -0.2) is 5.78 Å². The van der Waals surface area contributed by atoms with Crippen molar-refractivity contribution in [3.8, 4) is 0 Å². The molecule has 1 nitrogen and oxygen atoms in total. The van der Waals surface area contributed by atoms with Crippen LogP contribution in [0.2, 0.25) is 0 Å². The Bertz CT molecular complexity index is 482. The summed E-state index contributed by atoms with van der Waals surface area (Å²) >= 11 is 0. The van der Waals surface area contributed by atoms with E-state index in [2.05, 4.69) is 13.5 Å². The van der Waals surface area contributed by atoms with Crippen LogP contribution in [0.3, 0.4) is 0 Å². The van der Waals surface area contributed by atoms with E-state index in [1.54, 1.807) is 0 Å². The molecule has 0 bridgehead atoms. The average molecular weight is 254 g/mol. The number of rotatable bonds is 6. The van der Waals surface area contributed by atoms with E-state index >= 15 is 0 Å². The van der Waals surface area contributed by atoms with Crippen molar-refractivity contribution < 1.29 is 4.79 Å². The summed E-state index contributed by atoms with van der Waals surface area (Å²) < 4.78 is 0. The van der Waals surface area contributed by atoms with Gasteiger partial charge >= 0.3 is 0 Å². The normalized spacial score (nSPS) is 18.8. The molecular weight excluding hydrogens is 232 g/mol. The smallest absolute Gasteiger partial charge is 0.170 e. The van der Waals surface area contributed by atoms with Crippen LogP contribution < -0.4 is 0 Å². The number of ketones is 1. The molecule has 0 saturated carbocycles. The highest BCUT2D eigenvalue weighted by Gasteiger charge is 2.30. The van der Waals surface area contributed by atoms with Crippen molar-refractivity contribution in [3.63, 3.8) is 0 Å². The van der Waals surface area contributed by atoms with Crippen LogP contribution in [0, 0.1) is 5.92 Å². The number of carbonyl (C=O) groups excluding carboxylic acids is 1. The lowest BCUT2D eigenvalue weighted by Crippen LogP contribution is -2.11. The van der Waals surface area contributed by atoms with Gasteiger partial charge in [0.25, 0.3) is 0 Å². The summed E-state index contributed by atoms with van der Waals surface area (Å²) in [4.78, 5) is 12.5. The van der Waals surface area contributed by atoms with E-state index in [4.69, 9.17) is 0 Å². The predicted molar refractivity (Wildman–Crippen MR) is 80.8 cm³/mol. The SMILES string of the molecule is C=C1C=C(c2ccccc2)C(=O)C1CCCCCC. The fourth-order valence-electron chi connectivity index (χ4n) is 2.65. The number of unbranched alkanes of at least 4 members (excludes halogenated alkanes) is 3. The van der Waals surface area contributed by atoms with Gasteiger partial charge in [0, 0.05) is 11.5 Å². The second-order valence-electron chi connectivity index (χ2n) is 5.27. The van der Waals surface area contributed by atoms with Gasteiger partial charge in [-0.1, -0.05) is 69.5 Å². The minimum atomic E-state index is 0.0204. The van der Waals surface area contributed by atoms with Crippen molar-refractivity contribution in [2.24, 2.45) is 5.92 Å². The Kier molecular flexibility index (Phi) is 4.73. The van der Waals surface area contributed by atoms with Gasteiger partial charge in [-0.05, 0) is 23.6 Å². The molecule has 1 unspecified atom stereocenters.